The first-order valence-electron chi connectivity index (χ1n) is 6.68. The molecule has 6 nitrogen and oxygen atoms in total. The fraction of sp³-hybridized carbons (Fsp3) is 0.500. The standard InChI is InChI=1S/C14H15F3N2O4/c1-13(2,3)23-12(22)19-6-8-4-7(11(20)21)5-18-9(8)10(19)14(15,16)17/h4-5,10H,6H2,1-3H3,(H,20,21)/t10-/m1/s1. The molecule has 9 heteroatoms. The lowest BCUT2D eigenvalue weighted by atomic mass is 10.1. The third-order valence-corrected chi connectivity index (χ3v) is 3.10. The van der Waals surface area contributed by atoms with Gasteiger partial charge in [0.2, 0.25) is 0 Å². The van der Waals surface area contributed by atoms with Crippen molar-refractivity contribution in [3.8, 4) is 0 Å². The molecule has 0 spiro atoms. The zero-order valence-electron chi connectivity index (χ0n) is 12.6. The first kappa shape index (κ1) is 17.0. The van der Waals surface area contributed by atoms with Crippen molar-refractivity contribution >= 4 is 12.1 Å². The molecular formula is C14H15F3N2O4. The number of carbonyl (C=O) groups excluding carboxylic acids is 1. The van der Waals surface area contributed by atoms with Gasteiger partial charge in [-0.15, -0.1) is 0 Å². The molecule has 1 amide bonds. The van der Waals surface area contributed by atoms with Crippen LogP contribution in [0.3, 0.4) is 0 Å². The first-order valence-corrected chi connectivity index (χ1v) is 6.68. The maximum absolute atomic E-state index is 13.3. The van der Waals surface area contributed by atoms with Crippen LogP contribution in [0.2, 0.25) is 0 Å². The van der Waals surface area contributed by atoms with Gasteiger partial charge in [-0.3, -0.25) is 9.88 Å². The molecule has 1 aliphatic heterocycles. The Balaban J connectivity index is 2.42. The average molecular weight is 332 g/mol. The van der Waals surface area contributed by atoms with Gasteiger partial charge in [0.1, 0.15) is 5.60 Å². The molecule has 126 valence electrons. The highest BCUT2D eigenvalue weighted by molar-refractivity contribution is 5.87. The molecule has 2 rings (SSSR count). The van der Waals surface area contributed by atoms with Crippen LogP contribution in [0.1, 0.15) is 48.4 Å². The monoisotopic (exact) mass is 332 g/mol. The zero-order chi connectivity index (χ0) is 17.6. The van der Waals surface area contributed by atoms with E-state index in [1.165, 1.54) is 20.8 Å². The number of fused-ring (bicyclic) bond motifs is 1. The van der Waals surface area contributed by atoms with Crippen molar-refractivity contribution in [2.75, 3.05) is 0 Å². The van der Waals surface area contributed by atoms with E-state index >= 15 is 0 Å². The number of halogens is 3. The quantitative estimate of drug-likeness (QED) is 0.854. The number of alkyl halides is 3. The van der Waals surface area contributed by atoms with Gasteiger partial charge >= 0.3 is 18.2 Å². The Kier molecular flexibility index (Phi) is 4.00. The van der Waals surface area contributed by atoms with E-state index in [2.05, 4.69) is 4.98 Å². The Hall–Kier alpha value is -2.32. The van der Waals surface area contributed by atoms with Gasteiger partial charge in [0, 0.05) is 6.20 Å². The van der Waals surface area contributed by atoms with Crippen molar-refractivity contribution in [1.82, 2.24) is 9.88 Å². The van der Waals surface area contributed by atoms with Crippen molar-refractivity contribution in [2.24, 2.45) is 0 Å². The predicted octanol–water partition coefficient (Wildman–Crippen LogP) is 3.13. The fourth-order valence-electron chi connectivity index (χ4n) is 2.26. The van der Waals surface area contributed by atoms with Gasteiger partial charge in [-0.05, 0) is 32.4 Å². The number of pyridine rings is 1. The Morgan fingerprint density at radius 3 is 2.43 bits per heavy atom. The van der Waals surface area contributed by atoms with E-state index in [4.69, 9.17) is 9.84 Å². The molecule has 0 aliphatic carbocycles. The number of aromatic carboxylic acids is 1. The Morgan fingerprint density at radius 1 is 1.35 bits per heavy atom. The van der Waals surface area contributed by atoms with E-state index in [9.17, 15) is 22.8 Å². The summed E-state index contributed by atoms with van der Waals surface area (Å²) in [7, 11) is 0. The predicted molar refractivity (Wildman–Crippen MR) is 71.8 cm³/mol. The normalized spacial score (nSPS) is 17.8. The minimum Gasteiger partial charge on any atom is -0.478 e. The van der Waals surface area contributed by atoms with Crippen LogP contribution in [-0.2, 0) is 11.3 Å². The van der Waals surface area contributed by atoms with Crippen molar-refractivity contribution in [2.45, 2.75) is 45.1 Å². The molecule has 0 aromatic carbocycles. The van der Waals surface area contributed by atoms with Gasteiger partial charge < -0.3 is 9.84 Å². The Bertz CT molecular complexity index is 652. The van der Waals surface area contributed by atoms with Crippen LogP contribution >= 0.6 is 0 Å². The lowest BCUT2D eigenvalue weighted by Gasteiger charge is -2.29. The largest absolute Gasteiger partial charge is 0.478 e. The van der Waals surface area contributed by atoms with Gasteiger partial charge in [0.05, 0.1) is 17.8 Å². The number of carboxylic acid groups (broad SMARTS) is 1. The smallest absolute Gasteiger partial charge is 0.414 e. The summed E-state index contributed by atoms with van der Waals surface area (Å²) in [5.74, 6) is -1.31. The molecule has 0 radical (unpaired) electrons. The lowest BCUT2D eigenvalue weighted by Crippen LogP contribution is -2.41. The number of nitrogens with zero attached hydrogens (tertiary/aromatic N) is 2. The average Bonchev–Trinajstić information content (AvgIpc) is 2.74. The molecule has 1 atom stereocenters. The van der Waals surface area contributed by atoms with Gasteiger partial charge in [0.25, 0.3) is 0 Å². The number of carbonyl (C=O) groups is 2. The third-order valence-electron chi connectivity index (χ3n) is 3.10. The molecule has 1 aromatic heterocycles. The topological polar surface area (TPSA) is 79.7 Å². The Morgan fingerprint density at radius 2 is 1.96 bits per heavy atom. The molecule has 1 N–H and O–H groups in total. The van der Waals surface area contributed by atoms with E-state index in [0.29, 0.717) is 4.90 Å². The van der Waals surface area contributed by atoms with E-state index in [-0.39, 0.29) is 16.8 Å². The molecule has 23 heavy (non-hydrogen) atoms. The molecular weight excluding hydrogens is 317 g/mol. The van der Waals surface area contributed by atoms with Crippen LogP contribution in [0.4, 0.5) is 18.0 Å². The summed E-state index contributed by atoms with van der Waals surface area (Å²) in [6, 6.07) is -1.16. The second-order valence-corrected chi connectivity index (χ2v) is 6.13. The number of aromatic nitrogens is 1. The first-order chi connectivity index (χ1) is 10.4. The maximum atomic E-state index is 13.3. The van der Waals surface area contributed by atoms with Crippen molar-refractivity contribution < 1.29 is 32.6 Å². The number of carboxylic acids is 1. The molecule has 0 unspecified atom stereocenters. The summed E-state index contributed by atoms with van der Waals surface area (Å²) < 4.78 is 45.0. The molecule has 0 saturated carbocycles. The molecule has 1 aromatic rings. The summed E-state index contributed by atoms with van der Waals surface area (Å²) in [5.41, 5.74) is -1.54. The molecule has 2 heterocycles. The van der Waals surface area contributed by atoms with E-state index in [1.54, 1.807) is 0 Å². The minimum atomic E-state index is -4.75. The molecule has 0 fully saturated rings. The van der Waals surface area contributed by atoms with Crippen molar-refractivity contribution in [1.29, 1.82) is 0 Å². The highest BCUT2D eigenvalue weighted by Crippen LogP contribution is 2.44. The number of amides is 1. The number of ether oxygens (including phenoxy) is 1. The van der Waals surface area contributed by atoms with Crippen LogP contribution < -0.4 is 0 Å². The van der Waals surface area contributed by atoms with Crippen LogP contribution in [0.5, 0.6) is 0 Å². The van der Waals surface area contributed by atoms with Crippen LogP contribution in [0.25, 0.3) is 0 Å². The number of hydrogen-bond acceptors (Lipinski definition) is 4. The van der Waals surface area contributed by atoms with Gasteiger partial charge in [-0.1, -0.05) is 0 Å². The van der Waals surface area contributed by atoms with Crippen LogP contribution in [0.15, 0.2) is 12.3 Å². The van der Waals surface area contributed by atoms with Gasteiger partial charge in [-0.25, -0.2) is 9.59 Å². The SMILES string of the molecule is CC(C)(C)OC(=O)N1Cc2cc(C(=O)O)cnc2[C@@H]1C(F)(F)F. The van der Waals surface area contributed by atoms with Gasteiger partial charge in [-0.2, -0.15) is 13.2 Å². The number of hydrogen-bond donors (Lipinski definition) is 1. The molecule has 0 bridgehead atoms. The van der Waals surface area contributed by atoms with E-state index in [0.717, 1.165) is 12.3 Å². The van der Waals surface area contributed by atoms with Crippen LogP contribution in [0, 0.1) is 0 Å². The van der Waals surface area contributed by atoms with E-state index in [1.807, 2.05) is 0 Å². The second kappa shape index (κ2) is 5.39. The van der Waals surface area contributed by atoms with Crippen LogP contribution in [-0.4, -0.2) is 38.8 Å². The minimum absolute atomic E-state index is 0.0399. The highest BCUT2D eigenvalue weighted by Gasteiger charge is 2.53. The number of rotatable bonds is 1. The highest BCUT2D eigenvalue weighted by atomic mass is 19.4. The van der Waals surface area contributed by atoms with Gasteiger partial charge in [0.15, 0.2) is 6.04 Å². The fourth-order valence-corrected chi connectivity index (χ4v) is 2.26. The summed E-state index contributed by atoms with van der Waals surface area (Å²) in [6.45, 7) is 4.20. The second-order valence-electron chi connectivity index (χ2n) is 6.13. The lowest BCUT2D eigenvalue weighted by molar-refractivity contribution is -0.181. The molecule has 1 aliphatic rings. The Labute approximate surface area is 129 Å². The summed E-state index contributed by atoms with van der Waals surface area (Å²) in [5, 5.41) is 8.90. The van der Waals surface area contributed by atoms with Crippen molar-refractivity contribution in [3.05, 3.63) is 29.1 Å². The van der Waals surface area contributed by atoms with E-state index < -0.39 is 36.4 Å². The molecule has 0 saturated heterocycles. The zero-order valence-corrected chi connectivity index (χ0v) is 12.6. The summed E-state index contributed by atoms with van der Waals surface area (Å²) in [6.07, 6.45) is -5.03. The summed E-state index contributed by atoms with van der Waals surface area (Å²) >= 11 is 0. The third kappa shape index (κ3) is 3.54. The summed E-state index contributed by atoms with van der Waals surface area (Å²) in [4.78, 5) is 27.1. The maximum Gasteiger partial charge on any atom is 0.414 e. The van der Waals surface area contributed by atoms with Crippen molar-refractivity contribution in [3.63, 3.8) is 0 Å².